The van der Waals surface area contributed by atoms with E-state index in [0.717, 1.165) is 5.57 Å². The SMILES string of the molecule is CCCS(=O)(=O)Oc1c(C(=O)c2ccc([N+](=O)[O-])c(C(C)=C(C)C)c2C)c(C)nn1C. The number of rotatable bonds is 8. The average molecular weight is 450 g/mol. The fraction of sp³-hybridized carbons (Fsp3) is 0.429. The maximum absolute atomic E-state index is 13.5. The van der Waals surface area contributed by atoms with Gasteiger partial charge in [-0.3, -0.25) is 14.9 Å². The Kier molecular flexibility index (Phi) is 7.05. The summed E-state index contributed by atoms with van der Waals surface area (Å²) >= 11 is 0. The van der Waals surface area contributed by atoms with Gasteiger partial charge < -0.3 is 4.18 Å². The fourth-order valence-electron chi connectivity index (χ4n) is 3.36. The molecule has 1 aromatic carbocycles. The Morgan fingerprint density at radius 2 is 1.81 bits per heavy atom. The van der Waals surface area contributed by atoms with Crippen molar-refractivity contribution >= 4 is 27.2 Å². The van der Waals surface area contributed by atoms with Crippen LogP contribution in [0.2, 0.25) is 0 Å². The molecule has 0 unspecified atom stereocenters. The summed E-state index contributed by atoms with van der Waals surface area (Å²) in [5.41, 5.74) is 2.81. The maximum atomic E-state index is 13.5. The van der Waals surface area contributed by atoms with Crippen molar-refractivity contribution < 1.29 is 22.3 Å². The summed E-state index contributed by atoms with van der Waals surface area (Å²) < 4.78 is 30.9. The number of ketones is 1. The Balaban J connectivity index is 2.73. The van der Waals surface area contributed by atoms with Gasteiger partial charge in [-0.2, -0.15) is 13.5 Å². The summed E-state index contributed by atoms with van der Waals surface area (Å²) in [5.74, 6) is -0.887. The number of aryl methyl sites for hydroxylation is 2. The van der Waals surface area contributed by atoms with Crippen molar-refractivity contribution in [2.75, 3.05) is 5.75 Å². The van der Waals surface area contributed by atoms with Gasteiger partial charge in [-0.05, 0) is 58.2 Å². The van der Waals surface area contributed by atoms with E-state index in [4.69, 9.17) is 4.18 Å². The van der Waals surface area contributed by atoms with E-state index in [1.54, 1.807) is 27.7 Å². The molecule has 0 atom stereocenters. The highest BCUT2D eigenvalue weighted by atomic mass is 32.2. The van der Waals surface area contributed by atoms with Crippen LogP contribution < -0.4 is 4.18 Å². The molecular weight excluding hydrogens is 422 g/mol. The third kappa shape index (κ3) is 4.84. The van der Waals surface area contributed by atoms with Crippen LogP contribution in [0.1, 0.15) is 66.9 Å². The molecule has 168 valence electrons. The molecule has 0 aliphatic carbocycles. The number of aromatic nitrogens is 2. The number of nitrogens with zero attached hydrogens (tertiary/aromatic N) is 3. The molecule has 0 N–H and O–H groups in total. The average Bonchev–Trinajstić information content (AvgIpc) is 2.92. The number of hydrogen-bond acceptors (Lipinski definition) is 7. The van der Waals surface area contributed by atoms with Crippen LogP contribution in [-0.4, -0.2) is 34.7 Å². The highest BCUT2D eigenvalue weighted by Crippen LogP contribution is 2.35. The van der Waals surface area contributed by atoms with Crippen LogP contribution in [0.25, 0.3) is 5.57 Å². The van der Waals surface area contributed by atoms with E-state index in [9.17, 15) is 23.3 Å². The van der Waals surface area contributed by atoms with Gasteiger partial charge in [0, 0.05) is 18.7 Å². The number of benzene rings is 1. The van der Waals surface area contributed by atoms with Gasteiger partial charge in [0.05, 0.1) is 21.9 Å². The number of carbonyl (C=O) groups is 1. The Labute approximate surface area is 182 Å². The van der Waals surface area contributed by atoms with Crippen molar-refractivity contribution in [2.24, 2.45) is 7.05 Å². The molecule has 0 bridgehead atoms. The van der Waals surface area contributed by atoms with Crippen LogP contribution in [0, 0.1) is 24.0 Å². The van der Waals surface area contributed by atoms with Gasteiger partial charge in [-0.15, -0.1) is 0 Å². The molecule has 1 heterocycles. The molecule has 0 spiro atoms. The van der Waals surface area contributed by atoms with Crippen molar-refractivity contribution in [3.63, 3.8) is 0 Å². The quantitative estimate of drug-likeness (QED) is 0.257. The molecule has 1 aromatic heterocycles. The van der Waals surface area contributed by atoms with Crippen molar-refractivity contribution in [2.45, 2.75) is 48.0 Å². The molecule has 31 heavy (non-hydrogen) atoms. The lowest BCUT2D eigenvalue weighted by atomic mass is 9.90. The van der Waals surface area contributed by atoms with Crippen molar-refractivity contribution in [1.29, 1.82) is 0 Å². The minimum Gasteiger partial charge on any atom is -0.361 e. The van der Waals surface area contributed by atoms with Crippen molar-refractivity contribution in [3.05, 3.63) is 55.8 Å². The van der Waals surface area contributed by atoms with Crippen LogP contribution in [0.4, 0.5) is 5.69 Å². The van der Waals surface area contributed by atoms with Crippen LogP contribution in [0.15, 0.2) is 17.7 Å². The van der Waals surface area contributed by atoms with Gasteiger partial charge in [-0.1, -0.05) is 12.5 Å². The second-order valence-corrected chi connectivity index (χ2v) is 9.27. The van der Waals surface area contributed by atoms with Crippen LogP contribution in [0.3, 0.4) is 0 Å². The molecule has 2 aromatic rings. The number of allylic oxidation sites excluding steroid dienone is 2. The predicted octanol–water partition coefficient (Wildman–Crippen LogP) is 4.11. The third-order valence-electron chi connectivity index (χ3n) is 5.07. The van der Waals surface area contributed by atoms with E-state index >= 15 is 0 Å². The standard InChI is InChI=1S/C21H27N3O6S/c1-8-11-31(28,29)30-21-19(15(6)22-23(21)7)20(25)16-9-10-17(24(26)27)18(14(16)5)13(4)12(2)3/h9-10H,8,11H2,1-7H3. The van der Waals surface area contributed by atoms with E-state index < -0.39 is 20.8 Å². The largest absolute Gasteiger partial charge is 0.361 e. The Hall–Kier alpha value is -3.01. The zero-order valence-corrected chi connectivity index (χ0v) is 19.6. The minimum atomic E-state index is -3.90. The van der Waals surface area contributed by atoms with Gasteiger partial charge >= 0.3 is 10.1 Å². The summed E-state index contributed by atoms with van der Waals surface area (Å²) in [6.45, 7) is 10.4. The lowest BCUT2D eigenvalue weighted by Crippen LogP contribution is -2.17. The molecule has 0 aliphatic rings. The molecule has 9 nitrogen and oxygen atoms in total. The van der Waals surface area contributed by atoms with Gasteiger partial charge in [0.15, 0.2) is 0 Å². The van der Waals surface area contributed by atoms with E-state index in [-0.39, 0.29) is 28.4 Å². The number of nitro benzene ring substituents is 1. The van der Waals surface area contributed by atoms with E-state index in [1.807, 2.05) is 13.8 Å². The molecule has 0 amide bonds. The minimum absolute atomic E-state index is 0.0138. The summed E-state index contributed by atoms with van der Waals surface area (Å²) in [5, 5.41) is 15.7. The smallest absolute Gasteiger partial charge is 0.310 e. The monoisotopic (exact) mass is 449 g/mol. The topological polar surface area (TPSA) is 121 Å². The molecule has 2 rings (SSSR count). The molecule has 0 saturated heterocycles. The molecule has 0 aliphatic heterocycles. The number of carbonyl (C=O) groups excluding carboxylic acids is 1. The van der Waals surface area contributed by atoms with Gasteiger partial charge in [0.2, 0.25) is 11.7 Å². The molecule has 0 fully saturated rings. The highest BCUT2D eigenvalue weighted by molar-refractivity contribution is 7.87. The van der Waals surface area contributed by atoms with Gasteiger partial charge in [-0.25, -0.2) is 4.68 Å². The second-order valence-electron chi connectivity index (χ2n) is 7.58. The zero-order valence-electron chi connectivity index (χ0n) is 18.8. The fourth-order valence-corrected chi connectivity index (χ4v) is 4.37. The van der Waals surface area contributed by atoms with Crippen molar-refractivity contribution in [1.82, 2.24) is 9.78 Å². The number of nitro groups is 1. The van der Waals surface area contributed by atoms with Crippen LogP contribution in [0.5, 0.6) is 5.88 Å². The first-order valence-electron chi connectivity index (χ1n) is 9.75. The summed E-state index contributed by atoms with van der Waals surface area (Å²) in [6.07, 6.45) is 0.356. The third-order valence-corrected chi connectivity index (χ3v) is 6.39. The molecular formula is C21H27N3O6S. The number of hydrogen-bond donors (Lipinski definition) is 0. The van der Waals surface area contributed by atoms with E-state index in [1.165, 1.54) is 23.9 Å². The van der Waals surface area contributed by atoms with E-state index in [0.29, 0.717) is 28.8 Å². The second kappa shape index (κ2) is 9.01. The lowest BCUT2D eigenvalue weighted by molar-refractivity contribution is -0.385. The van der Waals surface area contributed by atoms with Gasteiger partial charge in [0.25, 0.3) is 5.69 Å². The first-order chi connectivity index (χ1) is 14.3. The normalized spacial score (nSPS) is 11.3. The van der Waals surface area contributed by atoms with Crippen LogP contribution >= 0.6 is 0 Å². The van der Waals surface area contributed by atoms with Crippen LogP contribution in [-0.2, 0) is 17.2 Å². The first-order valence-corrected chi connectivity index (χ1v) is 11.3. The van der Waals surface area contributed by atoms with Gasteiger partial charge in [0.1, 0.15) is 5.56 Å². The van der Waals surface area contributed by atoms with E-state index in [2.05, 4.69) is 5.10 Å². The molecule has 10 heteroatoms. The Bertz CT molecular complexity index is 1190. The molecule has 0 radical (unpaired) electrons. The highest BCUT2D eigenvalue weighted by Gasteiger charge is 2.30. The summed E-state index contributed by atoms with van der Waals surface area (Å²) in [4.78, 5) is 24.6. The maximum Gasteiger partial charge on any atom is 0.310 e. The molecule has 0 saturated carbocycles. The van der Waals surface area contributed by atoms with Crippen molar-refractivity contribution in [3.8, 4) is 5.88 Å². The predicted molar refractivity (Wildman–Crippen MR) is 118 cm³/mol. The first kappa shape index (κ1) is 24.3. The zero-order chi connectivity index (χ0) is 23.7. The Morgan fingerprint density at radius 1 is 1.19 bits per heavy atom. The summed E-state index contributed by atoms with van der Waals surface area (Å²) in [6, 6.07) is 2.68. The Morgan fingerprint density at radius 3 is 2.32 bits per heavy atom. The lowest BCUT2D eigenvalue weighted by Gasteiger charge is -2.14. The summed E-state index contributed by atoms with van der Waals surface area (Å²) in [7, 11) is -2.41.